The van der Waals surface area contributed by atoms with Crippen LogP contribution in [0.2, 0.25) is 0 Å². The second kappa shape index (κ2) is 11.3. The molecule has 0 fully saturated rings. The van der Waals surface area contributed by atoms with Crippen LogP contribution in [0, 0.1) is 15.9 Å². The first kappa shape index (κ1) is 26.3. The second-order valence-corrected chi connectivity index (χ2v) is 9.91. The van der Waals surface area contributed by atoms with Crippen LogP contribution in [0.5, 0.6) is 5.88 Å². The third-order valence-corrected chi connectivity index (χ3v) is 7.17. The Balaban J connectivity index is 1.35. The smallest absolute Gasteiger partial charge is 0.295 e. The molecule has 0 saturated carbocycles. The molecule has 0 amide bonds. The Morgan fingerprint density at radius 3 is 2.76 bits per heavy atom. The fourth-order valence-electron chi connectivity index (χ4n) is 5.16. The summed E-state index contributed by atoms with van der Waals surface area (Å²) in [5.41, 5.74) is 3.22. The molecule has 0 radical (unpaired) electrons. The van der Waals surface area contributed by atoms with Crippen LogP contribution in [0.25, 0.3) is 33.5 Å². The van der Waals surface area contributed by atoms with E-state index in [4.69, 9.17) is 14.7 Å². The summed E-state index contributed by atoms with van der Waals surface area (Å²) in [6, 6.07) is 16.4. The zero-order chi connectivity index (χ0) is 28.3. The maximum absolute atomic E-state index is 13.8. The molecule has 1 N–H and O–H groups in total. The third-order valence-electron chi connectivity index (χ3n) is 7.17. The number of imidazole rings is 1. The minimum absolute atomic E-state index is 0.0657. The Morgan fingerprint density at radius 2 is 1.95 bits per heavy atom. The molecule has 11 heteroatoms. The van der Waals surface area contributed by atoms with Crippen LogP contribution >= 0.6 is 0 Å². The highest BCUT2D eigenvalue weighted by molar-refractivity contribution is 5.87. The number of nitro groups is 1. The highest BCUT2D eigenvalue weighted by atomic mass is 19.1. The monoisotopic (exact) mass is 553 g/mol. The average Bonchev–Trinajstić information content (AvgIpc) is 3.56. The highest BCUT2D eigenvalue weighted by Gasteiger charge is 2.31. The van der Waals surface area contributed by atoms with Crippen LogP contribution < -0.4 is 10.1 Å². The molecule has 208 valence electrons. The number of ether oxygens (including phenoxy) is 1. The van der Waals surface area contributed by atoms with Crippen molar-refractivity contribution in [3.05, 3.63) is 88.6 Å². The third kappa shape index (κ3) is 5.30. The first-order valence-electron chi connectivity index (χ1n) is 13.6. The molecule has 2 aromatic carbocycles. The topological polar surface area (TPSA) is 121 Å². The standard InChI is InChI=1S/C30H28FN7O3/c1-2-3-16-32-30-33-17-15-23(34-30)29-28(20-7-10-21(31)11-8-20)35-25-13-12-22(37(25)29)18-41-26-14-9-19-5-4-6-24(38(39)40)27(19)36-26/h4-11,14-15,17,22H,2-3,12-13,16,18H2,1H3,(H,32,33,34). The molecule has 1 atom stereocenters. The number of anilines is 1. The van der Waals surface area contributed by atoms with Gasteiger partial charge in [-0.15, -0.1) is 0 Å². The van der Waals surface area contributed by atoms with Crippen molar-refractivity contribution in [2.45, 2.75) is 38.6 Å². The van der Waals surface area contributed by atoms with E-state index in [0.29, 0.717) is 28.6 Å². The van der Waals surface area contributed by atoms with Gasteiger partial charge >= 0.3 is 0 Å². The number of halogens is 1. The number of unbranched alkanes of at least 4 members (excludes halogenated alkanes) is 1. The van der Waals surface area contributed by atoms with Gasteiger partial charge in [0, 0.05) is 42.2 Å². The molecule has 41 heavy (non-hydrogen) atoms. The van der Waals surface area contributed by atoms with Crippen molar-refractivity contribution in [2.24, 2.45) is 0 Å². The van der Waals surface area contributed by atoms with E-state index in [1.807, 2.05) is 6.07 Å². The molecule has 4 heterocycles. The molecule has 6 rings (SSSR count). The van der Waals surface area contributed by atoms with Gasteiger partial charge in [0.15, 0.2) is 5.52 Å². The van der Waals surface area contributed by atoms with Crippen molar-refractivity contribution in [3.8, 4) is 28.5 Å². The maximum atomic E-state index is 13.8. The van der Waals surface area contributed by atoms with Crippen LogP contribution in [0.3, 0.4) is 0 Å². The Morgan fingerprint density at radius 1 is 1.10 bits per heavy atom. The molecule has 0 bridgehead atoms. The van der Waals surface area contributed by atoms with Gasteiger partial charge in [-0.3, -0.25) is 10.1 Å². The van der Waals surface area contributed by atoms with Gasteiger partial charge in [0.2, 0.25) is 11.8 Å². The van der Waals surface area contributed by atoms with Crippen molar-refractivity contribution in [1.82, 2.24) is 24.5 Å². The molecule has 0 saturated heterocycles. The molecular formula is C30H28FN7O3. The van der Waals surface area contributed by atoms with E-state index < -0.39 is 4.92 Å². The van der Waals surface area contributed by atoms with Gasteiger partial charge in [0.05, 0.1) is 28.0 Å². The predicted molar refractivity (Wildman–Crippen MR) is 153 cm³/mol. The van der Waals surface area contributed by atoms with E-state index in [-0.39, 0.29) is 29.7 Å². The van der Waals surface area contributed by atoms with Crippen molar-refractivity contribution in [3.63, 3.8) is 0 Å². The second-order valence-electron chi connectivity index (χ2n) is 9.91. The van der Waals surface area contributed by atoms with Gasteiger partial charge in [-0.05, 0) is 49.2 Å². The van der Waals surface area contributed by atoms with Crippen LogP contribution in [-0.2, 0) is 6.42 Å². The number of nitrogens with zero attached hydrogens (tertiary/aromatic N) is 6. The molecule has 10 nitrogen and oxygen atoms in total. The molecule has 5 aromatic rings. The van der Waals surface area contributed by atoms with Crippen molar-refractivity contribution < 1.29 is 14.1 Å². The molecular weight excluding hydrogens is 525 g/mol. The van der Waals surface area contributed by atoms with E-state index in [0.717, 1.165) is 49.3 Å². The number of hydrogen-bond acceptors (Lipinski definition) is 8. The summed E-state index contributed by atoms with van der Waals surface area (Å²) in [7, 11) is 0. The fourth-order valence-corrected chi connectivity index (χ4v) is 5.16. The van der Waals surface area contributed by atoms with E-state index >= 15 is 0 Å². The van der Waals surface area contributed by atoms with Gasteiger partial charge in [0.25, 0.3) is 5.69 Å². The van der Waals surface area contributed by atoms with Gasteiger partial charge in [-0.25, -0.2) is 24.3 Å². The lowest BCUT2D eigenvalue weighted by atomic mass is 10.1. The van der Waals surface area contributed by atoms with Gasteiger partial charge in [0.1, 0.15) is 18.2 Å². The molecule has 0 spiro atoms. The number of fused-ring (bicyclic) bond motifs is 2. The number of benzene rings is 2. The van der Waals surface area contributed by atoms with Crippen LogP contribution in [-0.4, -0.2) is 42.6 Å². The van der Waals surface area contributed by atoms with E-state index in [1.54, 1.807) is 42.6 Å². The largest absolute Gasteiger partial charge is 0.475 e. The summed E-state index contributed by atoms with van der Waals surface area (Å²) in [6.07, 6.45) is 5.29. The lowest BCUT2D eigenvalue weighted by Gasteiger charge is -2.18. The first-order chi connectivity index (χ1) is 20.0. The molecule has 0 aliphatic carbocycles. The number of pyridine rings is 1. The normalized spacial score (nSPS) is 14.2. The van der Waals surface area contributed by atoms with Crippen LogP contribution in [0.1, 0.15) is 38.1 Å². The quantitative estimate of drug-likeness (QED) is 0.120. The van der Waals surface area contributed by atoms with Crippen LogP contribution in [0.4, 0.5) is 16.0 Å². The number of aromatic nitrogens is 5. The Bertz CT molecular complexity index is 1720. The first-order valence-corrected chi connectivity index (χ1v) is 13.6. The number of nitrogens with one attached hydrogen (secondary N) is 1. The number of hydrogen-bond donors (Lipinski definition) is 1. The van der Waals surface area contributed by atoms with Crippen molar-refractivity contribution in [2.75, 3.05) is 18.5 Å². The summed E-state index contributed by atoms with van der Waals surface area (Å²) >= 11 is 0. The minimum atomic E-state index is -0.440. The zero-order valence-electron chi connectivity index (χ0n) is 22.5. The molecule has 3 aromatic heterocycles. The molecule has 1 aliphatic heterocycles. The predicted octanol–water partition coefficient (Wildman–Crippen LogP) is 6.38. The van der Waals surface area contributed by atoms with E-state index in [1.165, 1.54) is 18.2 Å². The average molecular weight is 554 g/mol. The van der Waals surface area contributed by atoms with Gasteiger partial charge in [-0.1, -0.05) is 25.5 Å². The van der Waals surface area contributed by atoms with Gasteiger partial charge in [-0.2, -0.15) is 0 Å². The highest BCUT2D eigenvalue weighted by Crippen LogP contribution is 2.39. The number of aryl methyl sites for hydroxylation is 1. The Labute approximate surface area is 235 Å². The zero-order valence-corrected chi connectivity index (χ0v) is 22.5. The molecule has 1 unspecified atom stereocenters. The van der Waals surface area contributed by atoms with E-state index in [9.17, 15) is 14.5 Å². The summed E-state index contributed by atoms with van der Waals surface area (Å²) in [4.78, 5) is 29.7. The van der Waals surface area contributed by atoms with E-state index in [2.05, 4.69) is 26.8 Å². The lowest BCUT2D eigenvalue weighted by molar-refractivity contribution is -0.383. The van der Waals surface area contributed by atoms with Crippen molar-refractivity contribution >= 4 is 22.5 Å². The minimum Gasteiger partial charge on any atom is -0.475 e. The summed E-state index contributed by atoms with van der Waals surface area (Å²) in [5.74, 6) is 1.41. The SMILES string of the molecule is CCCCNc1nccc(-c2c(-c3ccc(F)cc3)nc3n2C(COc2ccc4cccc([N+](=O)[O-])c4n2)CC3)n1. The van der Waals surface area contributed by atoms with Crippen molar-refractivity contribution in [1.29, 1.82) is 0 Å². The molecule has 1 aliphatic rings. The summed E-state index contributed by atoms with van der Waals surface area (Å²) < 4.78 is 22.0. The number of para-hydroxylation sites is 1. The van der Waals surface area contributed by atoms with Gasteiger partial charge < -0.3 is 14.6 Å². The summed E-state index contributed by atoms with van der Waals surface area (Å²) in [6.45, 7) is 3.17. The lowest BCUT2D eigenvalue weighted by Crippen LogP contribution is -2.16. The fraction of sp³-hybridized carbons (Fsp3) is 0.267. The Kier molecular flexibility index (Phi) is 7.24. The number of rotatable bonds is 10. The number of nitro benzene ring substituents is 1. The Hall–Kier alpha value is -4.93. The van der Waals surface area contributed by atoms with Crippen LogP contribution in [0.15, 0.2) is 66.9 Å². The maximum Gasteiger partial charge on any atom is 0.295 e. The number of non-ortho nitro benzene ring substituents is 1. The summed E-state index contributed by atoms with van der Waals surface area (Å²) in [5, 5.41) is 15.5.